The lowest BCUT2D eigenvalue weighted by atomic mass is 10.1. The smallest absolute Gasteiger partial charge is 0.267 e. The average Bonchev–Trinajstić information content (AvgIpc) is 2.75. The van der Waals surface area contributed by atoms with Gasteiger partial charge >= 0.3 is 0 Å². The second-order valence-electron chi connectivity index (χ2n) is 6.06. The summed E-state index contributed by atoms with van der Waals surface area (Å²) in [6.45, 7) is -0.225. The molecule has 8 heteroatoms. The molecule has 0 bridgehead atoms. The summed E-state index contributed by atoms with van der Waals surface area (Å²) in [4.78, 5) is 24.5. The first-order chi connectivity index (χ1) is 14.0. The lowest BCUT2D eigenvalue weighted by molar-refractivity contribution is -0.117. The van der Waals surface area contributed by atoms with E-state index in [2.05, 4.69) is 10.4 Å². The minimum atomic E-state index is -0.383. The molecule has 0 atom stereocenters. The molecule has 0 fully saturated rings. The topological polar surface area (TPSA) is 91.7 Å². The molecule has 1 aromatic heterocycles. The number of nitrogens with zero attached hydrogens (tertiary/aromatic N) is 2. The van der Waals surface area contributed by atoms with Crippen molar-refractivity contribution in [1.29, 1.82) is 0 Å². The number of methoxy groups -OCH3 is 3. The first kappa shape index (κ1) is 19.9. The van der Waals surface area contributed by atoms with Gasteiger partial charge in [-0.15, -0.1) is 0 Å². The third kappa shape index (κ3) is 4.73. The standard InChI is InChI=1S/C21H21N3O5/c1-27-15-6-4-14(5-7-15)22-20(25)13-24-21(26)11-10-18(23-24)17-9-8-16(28-2)12-19(17)29-3/h4-12H,13H2,1-3H3,(H,22,25). The molecule has 3 rings (SSSR count). The highest BCUT2D eigenvalue weighted by molar-refractivity contribution is 5.90. The van der Waals surface area contributed by atoms with Crippen LogP contribution in [0.25, 0.3) is 11.3 Å². The van der Waals surface area contributed by atoms with E-state index in [-0.39, 0.29) is 18.0 Å². The Hall–Kier alpha value is -3.81. The van der Waals surface area contributed by atoms with Crippen molar-refractivity contribution in [1.82, 2.24) is 9.78 Å². The van der Waals surface area contributed by atoms with Gasteiger partial charge in [-0.3, -0.25) is 9.59 Å². The summed E-state index contributed by atoms with van der Waals surface area (Å²) in [7, 11) is 4.67. The average molecular weight is 395 g/mol. The molecule has 0 radical (unpaired) electrons. The summed E-state index contributed by atoms with van der Waals surface area (Å²) in [5, 5.41) is 7.05. The van der Waals surface area contributed by atoms with Crippen LogP contribution in [-0.2, 0) is 11.3 Å². The molecule has 0 saturated heterocycles. The minimum absolute atomic E-state index is 0.225. The van der Waals surface area contributed by atoms with Gasteiger partial charge in [-0.25, -0.2) is 4.68 Å². The molecular formula is C21H21N3O5. The maximum absolute atomic E-state index is 12.4. The fraction of sp³-hybridized carbons (Fsp3) is 0.190. The van der Waals surface area contributed by atoms with Gasteiger partial charge in [-0.2, -0.15) is 5.10 Å². The zero-order chi connectivity index (χ0) is 20.8. The van der Waals surface area contributed by atoms with Crippen LogP contribution in [0.1, 0.15) is 0 Å². The van der Waals surface area contributed by atoms with Crippen LogP contribution in [0.15, 0.2) is 59.4 Å². The molecule has 3 aromatic rings. The van der Waals surface area contributed by atoms with Crippen LogP contribution < -0.4 is 25.1 Å². The van der Waals surface area contributed by atoms with E-state index in [1.165, 1.54) is 13.2 Å². The zero-order valence-corrected chi connectivity index (χ0v) is 16.3. The van der Waals surface area contributed by atoms with Gasteiger partial charge in [0.15, 0.2) is 0 Å². The largest absolute Gasteiger partial charge is 0.497 e. The summed E-state index contributed by atoms with van der Waals surface area (Å²) in [6.07, 6.45) is 0. The van der Waals surface area contributed by atoms with Crippen molar-refractivity contribution >= 4 is 11.6 Å². The molecule has 0 aliphatic heterocycles. The van der Waals surface area contributed by atoms with Gasteiger partial charge in [0, 0.05) is 23.4 Å². The van der Waals surface area contributed by atoms with Crippen molar-refractivity contribution in [3.63, 3.8) is 0 Å². The zero-order valence-electron chi connectivity index (χ0n) is 16.3. The lowest BCUT2D eigenvalue weighted by Gasteiger charge is -2.12. The molecule has 2 aromatic carbocycles. The number of hydrogen-bond acceptors (Lipinski definition) is 6. The van der Waals surface area contributed by atoms with Gasteiger partial charge in [0.2, 0.25) is 5.91 Å². The number of amides is 1. The highest BCUT2D eigenvalue weighted by Gasteiger charge is 2.12. The molecule has 0 aliphatic carbocycles. The molecule has 1 N–H and O–H groups in total. The summed E-state index contributed by atoms with van der Waals surface area (Å²) < 4.78 is 16.8. The van der Waals surface area contributed by atoms with E-state index in [9.17, 15) is 9.59 Å². The molecular weight excluding hydrogens is 374 g/mol. The summed E-state index contributed by atoms with van der Waals surface area (Å²) in [6, 6.07) is 15.1. The van der Waals surface area contributed by atoms with Gasteiger partial charge in [-0.05, 0) is 42.5 Å². The Morgan fingerprint density at radius 2 is 1.62 bits per heavy atom. The quantitative estimate of drug-likeness (QED) is 0.661. The Morgan fingerprint density at radius 3 is 2.28 bits per heavy atom. The molecule has 1 amide bonds. The molecule has 0 spiro atoms. The molecule has 29 heavy (non-hydrogen) atoms. The van der Waals surface area contributed by atoms with Crippen LogP contribution in [0.4, 0.5) is 5.69 Å². The molecule has 0 unspecified atom stereocenters. The monoisotopic (exact) mass is 395 g/mol. The van der Waals surface area contributed by atoms with Gasteiger partial charge < -0.3 is 19.5 Å². The van der Waals surface area contributed by atoms with Crippen molar-refractivity contribution in [2.75, 3.05) is 26.6 Å². The number of anilines is 1. The predicted octanol–water partition coefficient (Wildman–Crippen LogP) is 2.57. The Labute approximate surface area is 167 Å². The van der Waals surface area contributed by atoms with Gasteiger partial charge in [-0.1, -0.05) is 0 Å². The number of carbonyl (C=O) groups is 1. The lowest BCUT2D eigenvalue weighted by Crippen LogP contribution is -2.29. The number of ether oxygens (including phenoxy) is 3. The van der Waals surface area contributed by atoms with Gasteiger partial charge in [0.05, 0.1) is 27.0 Å². The normalized spacial score (nSPS) is 10.3. The van der Waals surface area contributed by atoms with E-state index >= 15 is 0 Å². The van der Waals surface area contributed by atoms with Crippen molar-refractivity contribution in [3.8, 4) is 28.5 Å². The van der Waals surface area contributed by atoms with Crippen LogP contribution in [0, 0.1) is 0 Å². The Morgan fingerprint density at radius 1 is 0.931 bits per heavy atom. The van der Waals surface area contributed by atoms with Crippen molar-refractivity contribution in [2.24, 2.45) is 0 Å². The third-order valence-corrected chi connectivity index (χ3v) is 4.22. The molecule has 8 nitrogen and oxygen atoms in total. The van der Waals surface area contributed by atoms with E-state index in [0.29, 0.717) is 34.2 Å². The fourth-order valence-corrected chi connectivity index (χ4v) is 2.73. The Bertz CT molecular complexity index is 1060. The molecule has 0 saturated carbocycles. The molecule has 0 aliphatic rings. The second kappa shape index (κ2) is 8.92. The maximum Gasteiger partial charge on any atom is 0.267 e. The molecule has 1 heterocycles. The maximum atomic E-state index is 12.4. The highest BCUT2D eigenvalue weighted by Crippen LogP contribution is 2.31. The van der Waals surface area contributed by atoms with E-state index in [1.54, 1.807) is 62.8 Å². The van der Waals surface area contributed by atoms with Gasteiger partial charge in [0.1, 0.15) is 23.8 Å². The summed E-state index contributed by atoms with van der Waals surface area (Å²) in [5.41, 5.74) is 1.39. The highest BCUT2D eigenvalue weighted by atomic mass is 16.5. The number of benzene rings is 2. The van der Waals surface area contributed by atoms with Crippen molar-refractivity contribution < 1.29 is 19.0 Å². The van der Waals surface area contributed by atoms with Crippen LogP contribution in [0.3, 0.4) is 0 Å². The number of carbonyl (C=O) groups excluding carboxylic acids is 1. The summed E-state index contributed by atoms with van der Waals surface area (Å²) >= 11 is 0. The van der Waals surface area contributed by atoms with Crippen molar-refractivity contribution in [2.45, 2.75) is 6.54 Å². The number of rotatable bonds is 7. The van der Waals surface area contributed by atoms with E-state index in [0.717, 1.165) is 4.68 Å². The minimum Gasteiger partial charge on any atom is -0.497 e. The van der Waals surface area contributed by atoms with E-state index in [1.807, 2.05) is 0 Å². The van der Waals surface area contributed by atoms with E-state index in [4.69, 9.17) is 14.2 Å². The van der Waals surface area contributed by atoms with Gasteiger partial charge in [0.25, 0.3) is 5.56 Å². The first-order valence-electron chi connectivity index (χ1n) is 8.78. The van der Waals surface area contributed by atoms with Crippen LogP contribution >= 0.6 is 0 Å². The SMILES string of the molecule is COc1ccc(NC(=O)Cn2nc(-c3ccc(OC)cc3OC)ccc2=O)cc1. The second-order valence-corrected chi connectivity index (χ2v) is 6.06. The van der Waals surface area contributed by atoms with Crippen LogP contribution in [0.2, 0.25) is 0 Å². The van der Waals surface area contributed by atoms with E-state index < -0.39 is 0 Å². The Balaban J connectivity index is 1.82. The number of hydrogen-bond donors (Lipinski definition) is 1. The predicted molar refractivity (Wildman–Crippen MR) is 109 cm³/mol. The Kier molecular flexibility index (Phi) is 6.13. The van der Waals surface area contributed by atoms with Crippen molar-refractivity contribution in [3.05, 3.63) is 65.0 Å². The number of aromatic nitrogens is 2. The number of nitrogens with one attached hydrogen (secondary N) is 1. The first-order valence-corrected chi connectivity index (χ1v) is 8.78. The molecule has 150 valence electrons. The fourth-order valence-electron chi connectivity index (χ4n) is 2.73. The third-order valence-electron chi connectivity index (χ3n) is 4.22. The van der Waals surface area contributed by atoms with Crippen LogP contribution in [-0.4, -0.2) is 37.0 Å². The van der Waals surface area contributed by atoms with Crippen LogP contribution in [0.5, 0.6) is 17.2 Å². The summed E-state index contributed by atoms with van der Waals surface area (Å²) in [5.74, 6) is 1.49.